The first kappa shape index (κ1) is 20.7. The number of nitrogens with one attached hydrogen (secondary N) is 1. The predicted molar refractivity (Wildman–Crippen MR) is 102 cm³/mol. The summed E-state index contributed by atoms with van der Waals surface area (Å²) in [5, 5.41) is 2.93. The normalized spacial score (nSPS) is 23.3. The number of likely N-dealkylation sites (tertiary alicyclic amines) is 1. The Kier molecular flexibility index (Phi) is 7.87. The lowest BCUT2D eigenvalue weighted by Crippen LogP contribution is -2.51. The Balaban J connectivity index is 0.00000243. The molecule has 2 aliphatic heterocycles. The topological polar surface area (TPSA) is 84.7 Å². The largest absolute Gasteiger partial charge is 0.364 e. The molecule has 2 heterocycles. The van der Waals surface area contributed by atoms with Crippen LogP contribution in [0.2, 0.25) is 0 Å². The first-order valence-electron chi connectivity index (χ1n) is 9.16. The minimum atomic E-state index is -0.548. The highest BCUT2D eigenvalue weighted by Gasteiger charge is 2.34. The number of hydrogen-bond donors (Lipinski definition) is 2. The van der Waals surface area contributed by atoms with Gasteiger partial charge in [-0.2, -0.15) is 0 Å². The van der Waals surface area contributed by atoms with Crippen molar-refractivity contribution in [2.45, 2.75) is 50.4 Å². The SMILES string of the molecule is Cl.NC[C@H]1CC[C@@H](C(=O)NC(Cc2ccccc2)C(=O)N2CCCC2)O1. The van der Waals surface area contributed by atoms with E-state index in [2.05, 4.69) is 5.32 Å². The summed E-state index contributed by atoms with van der Waals surface area (Å²) in [5.74, 6) is -0.201. The van der Waals surface area contributed by atoms with Crippen LogP contribution in [0.4, 0.5) is 0 Å². The molecule has 3 rings (SSSR count). The van der Waals surface area contributed by atoms with E-state index >= 15 is 0 Å². The van der Waals surface area contributed by atoms with Gasteiger partial charge in [0, 0.05) is 26.1 Å². The quantitative estimate of drug-likeness (QED) is 0.777. The molecule has 0 aromatic heterocycles. The van der Waals surface area contributed by atoms with Crippen molar-refractivity contribution < 1.29 is 14.3 Å². The van der Waals surface area contributed by atoms with Crippen molar-refractivity contribution in [3.8, 4) is 0 Å². The zero-order valence-electron chi connectivity index (χ0n) is 14.9. The minimum Gasteiger partial charge on any atom is -0.364 e. The van der Waals surface area contributed by atoms with Gasteiger partial charge in [0.2, 0.25) is 11.8 Å². The smallest absolute Gasteiger partial charge is 0.249 e. The number of nitrogens with two attached hydrogens (primary N) is 1. The number of rotatable bonds is 6. The third-order valence-electron chi connectivity index (χ3n) is 4.98. The Morgan fingerprint density at radius 1 is 1.19 bits per heavy atom. The van der Waals surface area contributed by atoms with Crippen molar-refractivity contribution in [1.29, 1.82) is 0 Å². The summed E-state index contributed by atoms with van der Waals surface area (Å²) >= 11 is 0. The second kappa shape index (κ2) is 9.90. The van der Waals surface area contributed by atoms with Crippen molar-refractivity contribution in [3.05, 3.63) is 35.9 Å². The Hall–Kier alpha value is -1.63. The summed E-state index contributed by atoms with van der Waals surface area (Å²) in [6, 6.07) is 9.24. The molecule has 144 valence electrons. The molecule has 0 saturated carbocycles. The van der Waals surface area contributed by atoms with Gasteiger partial charge in [0.05, 0.1) is 6.10 Å². The maximum atomic E-state index is 12.9. The summed E-state index contributed by atoms with van der Waals surface area (Å²) in [7, 11) is 0. The van der Waals surface area contributed by atoms with E-state index in [9.17, 15) is 9.59 Å². The fraction of sp³-hybridized carbons (Fsp3) is 0.579. The molecule has 2 aliphatic rings. The average molecular weight is 382 g/mol. The van der Waals surface area contributed by atoms with Crippen LogP contribution in [-0.4, -0.2) is 54.6 Å². The number of benzene rings is 1. The Bertz CT molecular complexity index is 593. The fourth-order valence-electron chi connectivity index (χ4n) is 3.54. The second-order valence-corrected chi connectivity index (χ2v) is 6.84. The van der Waals surface area contributed by atoms with Gasteiger partial charge in [-0.1, -0.05) is 30.3 Å². The van der Waals surface area contributed by atoms with E-state index in [0.29, 0.717) is 19.4 Å². The molecule has 0 aliphatic carbocycles. The second-order valence-electron chi connectivity index (χ2n) is 6.84. The summed E-state index contributed by atoms with van der Waals surface area (Å²) in [6.45, 7) is 1.97. The van der Waals surface area contributed by atoms with Crippen molar-refractivity contribution in [3.63, 3.8) is 0 Å². The highest BCUT2D eigenvalue weighted by molar-refractivity contribution is 5.89. The van der Waals surface area contributed by atoms with E-state index in [1.165, 1.54) is 0 Å². The molecule has 2 fully saturated rings. The number of amides is 2. The summed E-state index contributed by atoms with van der Waals surface area (Å²) in [4.78, 5) is 27.3. The van der Waals surface area contributed by atoms with Crippen LogP contribution in [0.5, 0.6) is 0 Å². The third kappa shape index (κ3) is 5.19. The molecule has 7 heteroatoms. The lowest BCUT2D eigenvalue weighted by Gasteiger charge is -2.25. The van der Waals surface area contributed by atoms with Crippen LogP contribution in [0, 0.1) is 0 Å². The molecule has 26 heavy (non-hydrogen) atoms. The zero-order valence-corrected chi connectivity index (χ0v) is 15.7. The van der Waals surface area contributed by atoms with Crippen LogP contribution in [0.25, 0.3) is 0 Å². The molecule has 6 nitrogen and oxygen atoms in total. The van der Waals surface area contributed by atoms with Crippen LogP contribution < -0.4 is 11.1 Å². The van der Waals surface area contributed by atoms with Gasteiger partial charge in [-0.15, -0.1) is 12.4 Å². The highest BCUT2D eigenvalue weighted by atomic mass is 35.5. The molecule has 0 radical (unpaired) electrons. The lowest BCUT2D eigenvalue weighted by atomic mass is 10.0. The van der Waals surface area contributed by atoms with Crippen LogP contribution in [0.3, 0.4) is 0 Å². The minimum absolute atomic E-state index is 0. The van der Waals surface area contributed by atoms with Crippen molar-refractivity contribution >= 4 is 24.2 Å². The first-order valence-corrected chi connectivity index (χ1v) is 9.16. The molecule has 2 saturated heterocycles. The van der Waals surface area contributed by atoms with Crippen LogP contribution >= 0.6 is 12.4 Å². The van der Waals surface area contributed by atoms with Gasteiger partial charge in [-0.3, -0.25) is 9.59 Å². The molecule has 2 amide bonds. The van der Waals surface area contributed by atoms with E-state index < -0.39 is 12.1 Å². The number of hydrogen-bond acceptors (Lipinski definition) is 4. The maximum Gasteiger partial charge on any atom is 0.249 e. The van der Waals surface area contributed by atoms with E-state index in [1.54, 1.807) is 0 Å². The number of nitrogens with zero attached hydrogens (tertiary/aromatic N) is 1. The molecule has 3 atom stereocenters. The van der Waals surface area contributed by atoms with Crippen molar-refractivity contribution in [2.24, 2.45) is 5.73 Å². The van der Waals surface area contributed by atoms with Gasteiger partial charge in [0.1, 0.15) is 12.1 Å². The number of carbonyl (C=O) groups excluding carboxylic acids is 2. The summed E-state index contributed by atoms with van der Waals surface area (Å²) < 4.78 is 5.67. The molecule has 1 unspecified atom stereocenters. The molecule has 0 bridgehead atoms. The molecular weight excluding hydrogens is 354 g/mol. The number of carbonyl (C=O) groups is 2. The average Bonchev–Trinajstić information content (AvgIpc) is 3.33. The third-order valence-corrected chi connectivity index (χ3v) is 4.98. The van der Waals surface area contributed by atoms with Crippen molar-refractivity contribution in [1.82, 2.24) is 10.2 Å². The predicted octanol–water partition coefficient (Wildman–Crippen LogP) is 1.26. The molecule has 1 aromatic rings. The summed E-state index contributed by atoms with van der Waals surface area (Å²) in [5.41, 5.74) is 6.65. The van der Waals surface area contributed by atoms with E-state index in [4.69, 9.17) is 10.5 Å². The van der Waals surface area contributed by atoms with Crippen LogP contribution in [-0.2, 0) is 20.7 Å². The number of ether oxygens (including phenoxy) is 1. The Morgan fingerprint density at radius 3 is 2.50 bits per heavy atom. The van der Waals surface area contributed by atoms with Crippen LogP contribution in [0.15, 0.2) is 30.3 Å². The number of halogens is 1. The van der Waals surface area contributed by atoms with Gasteiger partial charge in [0.25, 0.3) is 0 Å². The van der Waals surface area contributed by atoms with Crippen molar-refractivity contribution in [2.75, 3.05) is 19.6 Å². The summed E-state index contributed by atoms with van der Waals surface area (Å²) in [6.07, 6.45) is 3.44. The van der Waals surface area contributed by atoms with Gasteiger partial charge in [-0.05, 0) is 31.2 Å². The van der Waals surface area contributed by atoms with Gasteiger partial charge in [0.15, 0.2) is 0 Å². The molecular formula is C19H28ClN3O3. The van der Waals surface area contributed by atoms with Crippen LogP contribution in [0.1, 0.15) is 31.2 Å². The first-order chi connectivity index (χ1) is 12.2. The lowest BCUT2D eigenvalue weighted by molar-refractivity contribution is -0.139. The maximum absolute atomic E-state index is 12.9. The van der Waals surface area contributed by atoms with E-state index in [-0.39, 0.29) is 30.3 Å². The fourth-order valence-corrected chi connectivity index (χ4v) is 3.54. The standard InChI is InChI=1S/C19H27N3O3.ClH/c20-13-15-8-9-17(25-15)18(23)21-16(12-14-6-2-1-3-7-14)19(24)22-10-4-5-11-22;/h1-3,6-7,15-17H,4-5,8-13,20H2,(H,21,23);1H/t15-,16?,17+;/m1./s1. The van der Waals surface area contributed by atoms with Gasteiger partial charge >= 0.3 is 0 Å². The van der Waals surface area contributed by atoms with Gasteiger partial charge < -0.3 is 20.7 Å². The molecule has 0 spiro atoms. The van der Waals surface area contributed by atoms with E-state index in [0.717, 1.165) is 37.9 Å². The monoisotopic (exact) mass is 381 g/mol. The zero-order chi connectivity index (χ0) is 17.6. The Morgan fingerprint density at radius 2 is 1.88 bits per heavy atom. The van der Waals surface area contributed by atoms with E-state index in [1.807, 2.05) is 35.2 Å². The highest BCUT2D eigenvalue weighted by Crippen LogP contribution is 2.20. The molecule has 1 aromatic carbocycles. The molecule has 3 N–H and O–H groups in total. The van der Waals surface area contributed by atoms with Gasteiger partial charge in [-0.25, -0.2) is 0 Å². The Labute approximate surface area is 160 Å².